The van der Waals surface area contributed by atoms with Crippen LogP contribution in [0.4, 0.5) is 5.69 Å². The molecule has 5 heteroatoms. The number of benzene rings is 3. The molecule has 0 fully saturated rings. The largest absolute Gasteiger partial charge is 0.457 e. The third kappa shape index (κ3) is 3.85. The van der Waals surface area contributed by atoms with E-state index in [-0.39, 0.29) is 12.5 Å². The first kappa shape index (κ1) is 18.7. The van der Waals surface area contributed by atoms with Crippen LogP contribution in [-0.4, -0.2) is 18.5 Å². The number of ether oxygens (including phenoxy) is 2. The van der Waals surface area contributed by atoms with Crippen molar-refractivity contribution in [2.75, 3.05) is 11.9 Å². The van der Waals surface area contributed by atoms with E-state index in [2.05, 4.69) is 5.32 Å². The SMILES string of the molecule is Cc1ccc(C)c(NC(=O)COC(=O)C2c3ccccc3Oc3ccccc32)c1. The first-order valence-corrected chi connectivity index (χ1v) is 9.42. The molecule has 3 aromatic rings. The highest BCUT2D eigenvalue weighted by Crippen LogP contribution is 2.44. The standard InChI is InChI=1S/C24H21NO4/c1-15-11-12-16(2)19(13-15)25-22(26)14-28-24(27)23-17-7-3-5-9-20(17)29-21-10-6-4-8-18(21)23/h3-13,23H,14H2,1-2H3,(H,25,26). The van der Waals surface area contributed by atoms with Crippen LogP contribution in [0.2, 0.25) is 0 Å². The Morgan fingerprint density at radius 2 is 1.55 bits per heavy atom. The van der Waals surface area contributed by atoms with Crippen LogP contribution in [-0.2, 0) is 14.3 Å². The van der Waals surface area contributed by atoms with E-state index in [0.717, 1.165) is 22.3 Å². The fraction of sp³-hybridized carbons (Fsp3) is 0.167. The molecule has 1 aliphatic heterocycles. The lowest BCUT2D eigenvalue weighted by atomic mass is 9.88. The van der Waals surface area contributed by atoms with Gasteiger partial charge in [0.1, 0.15) is 17.4 Å². The summed E-state index contributed by atoms with van der Waals surface area (Å²) in [6, 6.07) is 20.5. The van der Waals surface area contributed by atoms with Gasteiger partial charge < -0.3 is 14.8 Å². The fourth-order valence-corrected chi connectivity index (χ4v) is 3.44. The van der Waals surface area contributed by atoms with Gasteiger partial charge in [-0.25, -0.2) is 0 Å². The third-order valence-electron chi connectivity index (χ3n) is 4.93. The highest BCUT2D eigenvalue weighted by Gasteiger charge is 2.33. The van der Waals surface area contributed by atoms with Gasteiger partial charge in [-0.1, -0.05) is 48.5 Å². The number of rotatable bonds is 4. The number of aryl methyl sites for hydroxylation is 2. The molecule has 1 amide bonds. The molecule has 4 rings (SSSR count). The summed E-state index contributed by atoms with van der Waals surface area (Å²) in [4.78, 5) is 25.3. The maximum absolute atomic E-state index is 12.9. The van der Waals surface area contributed by atoms with Crippen LogP contribution in [0.15, 0.2) is 66.7 Å². The lowest BCUT2D eigenvalue weighted by molar-refractivity contribution is -0.148. The van der Waals surface area contributed by atoms with E-state index in [1.807, 2.05) is 80.6 Å². The number of fused-ring (bicyclic) bond motifs is 2. The molecule has 0 aromatic heterocycles. The summed E-state index contributed by atoms with van der Waals surface area (Å²) in [7, 11) is 0. The Morgan fingerprint density at radius 1 is 0.931 bits per heavy atom. The minimum absolute atomic E-state index is 0.353. The van der Waals surface area contributed by atoms with Gasteiger partial charge in [-0.15, -0.1) is 0 Å². The van der Waals surface area contributed by atoms with Crippen LogP contribution in [0.25, 0.3) is 0 Å². The van der Waals surface area contributed by atoms with Crippen molar-refractivity contribution in [3.63, 3.8) is 0 Å². The lowest BCUT2D eigenvalue weighted by Crippen LogP contribution is -2.26. The predicted molar refractivity (Wildman–Crippen MR) is 110 cm³/mol. The van der Waals surface area contributed by atoms with E-state index in [1.165, 1.54) is 0 Å². The van der Waals surface area contributed by atoms with Crippen molar-refractivity contribution in [3.05, 3.63) is 89.0 Å². The van der Waals surface area contributed by atoms with Crippen LogP contribution in [0.5, 0.6) is 11.5 Å². The van der Waals surface area contributed by atoms with Gasteiger partial charge in [0.05, 0.1) is 0 Å². The van der Waals surface area contributed by atoms with Crippen molar-refractivity contribution in [1.82, 2.24) is 0 Å². The first-order valence-electron chi connectivity index (χ1n) is 9.42. The molecule has 0 unspecified atom stereocenters. The summed E-state index contributed by atoms with van der Waals surface area (Å²) < 4.78 is 11.3. The first-order chi connectivity index (χ1) is 14.0. The lowest BCUT2D eigenvalue weighted by Gasteiger charge is -2.26. The molecular weight excluding hydrogens is 366 g/mol. The average Bonchev–Trinajstić information content (AvgIpc) is 2.73. The van der Waals surface area contributed by atoms with Crippen LogP contribution < -0.4 is 10.1 Å². The Labute approximate surface area is 169 Å². The summed E-state index contributed by atoms with van der Waals surface area (Å²) in [5.41, 5.74) is 4.16. The Balaban J connectivity index is 1.50. The summed E-state index contributed by atoms with van der Waals surface area (Å²) in [6.07, 6.45) is 0. The Hall–Kier alpha value is -3.60. The number of hydrogen-bond acceptors (Lipinski definition) is 4. The fourth-order valence-electron chi connectivity index (χ4n) is 3.44. The van der Waals surface area contributed by atoms with Gasteiger partial charge in [0, 0.05) is 16.8 Å². The van der Waals surface area contributed by atoms with Gasteiger partial charge in [-0.3, -0.25) is 9.59 Å². The molecule has 146 valence electrons. The second kappa shape index (κ2) is 7.80. The number of carbonyl (C=O) groups excluding carboxylic acids is 2. The van der Waals surface area contributed by atoms with E-state index in [1.54, 1.807) is 0 Å². The number of esters is 1. The van der Waals surface area contributed by atoms with Crippen LogP contribution in [0.1, 0.15) is 28.2 Å². The zero-order valence-corrected chi connectivity index (χ0v) is 16.3. The minimum Gasteiger partial charge on any atom is -0.457 e. The van der Waals surface area contributed by atoms with Gasteiger partial charge in [-0.05, 0) is 43.2 Å². The van der Waals surface area contributed by atoms with Gasteiger partial charge in [0.15, 0.2) is 6.61 Å². The van der Waals surface area contributed by atoms with Crippen molar-refractivity contribution < 1.29 is 19.1 Å². The molecule has 0 aliphatic carbocycles. The highest BCUT2D eigenvalue weighted by molar-refractivity contribution is 5.94. The number of para-hydroxylation sites is 2. The maximum atomic E-state index is 12.9. The summed E-state index contributed by atoms with van der Waals surface area (Å²) >= 11 is 0. The van der Waals surface area contributed by atoms with Gasteiger partial charge in [-0.2, -0.15) is 0 Å². The number of carbonyl (C=O) groups is 2. The smallest absolute Gasteiger partial charge is 0.318 e. The maximum Gasteiger partial charge on any atom is 0.318 e. The van der Waals surface area contributed by atoms with E-state index >= 15 is 0 Å². The number of nitrogens with one attached hydrogen (secondary N) is 1. The molecule has 0 saturated heterocycles. The van der Waals surface area contributed by atoms with Crippen molar-refractivity contribution in [2.24, 2.45) is 0 Å². The minimum atomic E-state index is -0.635. The number of hydrogen-bond donors (Lipinski definition) is 1. The van der Waals surface area contributed by atoms with Gasteiger partial charge >= 0.3 is 5.97 Å². The molecule has 0 saturated carbocycles. The number of anilines is 1. The Kier molecular flexibility index (Phi) is 5.04. The monoisotopic (exact) mass is 387 g/mol. The topological polar surface area (TPSA) is 64.6 Å². The molecule has 1 aliphatic rings. The average molecular weight is 387 g/mol. The normalized spacial score (nSPS) is 12.3. The second-order valence-electron chi connectivity index (χ2n) is 7.08. The molecule has 5 nitrogen and oxygen atoms in total. The second-order valence-corrected chi connectivity index (χ2v) is 7.08. The highest BCUT2D eigenvalue weighted by atomic mass is 16.5. The molecule has 0 bridgehead atoms. The molecule has 29 heavy (non-hydrogen) atoms. The zero-order valence-electron chi connectivity index (χ0n) is 16.3. The van der Waals surface area contributed by atoms with Crippen molar-refractivity contribution in [2.45, 2.75) is 19.8 Å². The van der Waals surface area contributed by atoms with Gasteiger partial charge in [0.25, 0.3) is 5.91 Å². The molecule has 1 N–H and O–H groups in total. The van der Waals surface area contributed by atoms with E-state index < -0.39 is 11.9 Å². The zero-order chi connectivity index (χ0) is 20.4. The molecule has 3 aromatic carbocycles. The Bertz CT molecular complexity index is 1040. The van der Waals surface area contributed by atoms with E-state index in [0.29, 0.717) is 17.2 Å². The summed E-state index contributed by atoms with van der Waals surface area (Å²) in [5, 5.41) is 2.81. The molecular formula is C24H21NO4. The summed E-state index contributed by atoms with van der Waals surface area (Å²) in [6.45, 7) is 3.51. The molecule has 0 radical (unpaired) electrons. The number of amides is 1. The van der Waals surface area contributed by atoms with E-state index in [4.69, 9.17) is 9.47 Å². The van der Waals surface area contributed by atoms with Crippen LogP contribution in [0, 0.1) is 13.8 Å². The summed E-state index contributed by atoms with van der Waals surface area (Å²) in [5.74, 6) is -0.254. The Morgan fingerprint density at radius 3 is 2.21 bits per heavy atom. The van der Waals surface area contributed by atoms with Crippen molar-refractivity contribution >= 4 is 17.6 Å². The van der Waals surface area contributed by atoms with Gasteiger partial charge in [0.2, 0.25) is 0 Å². The molecule has 1 heterocycles. The quantitative estimate of drug-likeness (QED) is 0.658. The van der Waals surface area contributed by atoms with E-state index in [9.17, 15) is 9.59 Å². The molecule has 0 spiro atoms. The van der Waals surface area contributed by atoms with Crippen LogP contribution >= 0.6 is 0 Å². The molecule has 0 atom stereocenters. The van der Waals surface area contributed by atoms with Crippen molar-refractivity contribution in [1.29, 1.82) is 0 Å². The van der Waals surface area contributed by atoms with Crippen molar-refractivity contribution in [3.8, 4) is 11.5 Å². The predicted octanol–water partition coefficient (Wildman–Crippen LogP) is 4.72. The third-order valence-corrected chi connectivity index (χ3v) is 4.93. The van der Waals surface area contributed by atoms with Crippen LogP contribution in [0.3, 0.4) is 0 Å².